The number of benzene rings is 2. The van der Waals surface area contributed by atoms with Crippen LogP contribution in [0.3, 0.4) is 0 Å². The van der Waals surface area contributed by atoms with Crippen molar-refractivity contribution in [3.05, 3.63) is 65.2 Å². The van der Waals surface area contributed by atoms with Crippen molar-refractivity contribution in [2.24, 2.45) is 10.2 Å². The molecule has 2 aromatic carbocycles. The van der Waals surface area contributed by atoms with E-state index in [1.165, 1.54) is 55.0 Å². The highest BCUT2D eigenvalue weighted by atomic mass is 32.2. The van der Waals surface area contributed by atoms with Crippen molar-refractivity contribution >= 4 is 29.1 Å². The van der Waals surface area contributed by atoms with E-state index in [0.717, 1.165) is 30.8 Å². The van der Waals surface area contributed by atoms with E-state index < -0.39 is 0 Å². The lowest BCUT2D eigenvalue weighted by Gasteiger charge is -2.06. The Balaban J connectivity index is 1.45. The number of amidine groups is 1. The summed E-state index contributed by atoms with van der Waals surface area (Å²) in [5.74, 6) is 0.860. The van der Waals surface area contributed by atoms with E-state index in [1.54, 1.807) is 6.21 Å². The maximum Gasteiger partial charge on any atom is 0.239 e. The molecule has 0 aliphatic carbocycles. The Bertz CT molecular complexity index is 923. The number of hydrogen-bond donors (Lipinski definition) is 1. The SMILES string of the molecule is CCCCCCOc1ccc(/C=N\N=C2\NC(=O)[C@@H](Cc3ccc(CCCC)cc3)S2)cc1. The molecule has 1 N–H and O–H groups in total. The predicted molar refractivity (Wildman–Crippen MR) is 139 cm³/mol. The summed E-state index contributed by atoms with van der Waals surface area (Å²) in [5.41, 5.74) is 3.46. The molecule has 0 unspecified atom stereocenters. The Hall–Kier alpha value is -2.60. The molecule has 5 nitrogen and oxygen atoms in total. The van der Waals surface area contributed by atoms with Gasteiger partial charge in [0.2, 0.25) is 5.91 Å². The van der Waals surface area contributed by atoms with Crippen molar-refractivity contribution in [3.8, 4) is 5.75 Å². The number of carbonyl (C=O) groups excluding carboxylic acids is 1. The van der Waals surface area contributed by atoms with Crippen LogP contribution in [-0.2, 0) is 17.6 Å². The average molecular weight is 466 g/mol. The zero-order valence-electron chi connectivity index (χ0n) is 19.8. The molecular formula is C27H35N3O2S. The van der Waals surface area contributed by atoms with E-state index >= 15 is 0 Å². The van der Waals surface area contributed by atoms with Crippen molar-refractivity contribution in [2.45, 2.75) is 70.5 Å². The molecule has 1 aliphatic rings. The summed E-state index contributed by atoms with van der Waals surface area (Å²) in [7, 11) is 0. The number of nitrogens with one attached hydrogen (secondary N) is 1. The van der Waals surface area contributed by atoms with Crippen molar-refractivity contribution in [3.63, 3.8) is 0 Å². The Morgan fingerprint density at radius 3 is 2.39 bits per heavy atom. The Labute approximate surface area is 202 Å². The molecule has 3 rings (SSSR count). The van der Waals surface area contributed by atoms with Gasteiger partial charge in [-0.2, -0.15) is 5.10 Å². The number of carbonyl (C=O) groups is 1. The zero-order valence-corrected chi connectivity index (χ0v) is 20.6. The first-order valence-corrected chi connectivity index (χ1v) is 12.9. The zero-order chi connectivity index (χ0) is 23.3. The van der Waals surface area contributed by atoms with Gasteiger partial charge in [-0.3, -0.25) is 4.79 Å². The van der Waals surface area contributed by atoms with E-state index in [1.807, 2.05) is 24.3 Å². The standard InChI is InChI=1S/C27H35N3O2S/c1-3-5-7-8-18-32-24-16-14-23(15-17-24)20-28-30-27-29-26(31)25(33-27)19-22-12-10-21(11-13-22)9-6-4-2/h10-17,20,25H,3-9,18-19H2,1-2H3,(H,29,30,31)/b28-20-/t25-/m1/s1. The first kappa shape index (κ1) is 25.0. The number of hydrogen-bond acceptors (Lipinski definition) is 5. The van der Waals surface area contributed by atoms with Crippen LogP contribution in [-0.4, -0.2) is 29.1 Å². The van der Waals surface area contributed by atoms with E-state index in [9.17, 15) is 4.79 Å². The first-order valence-electron chi connectivity index (χ1n) is 12.1. The number of amides is 1. The maximum atomic E-state index is 12.3. The van der Waals surface area contributed by atoms with Crippen LogP contribution in [0.1, 0.15) is 69.1 Å². The maximum absolute atomic E-state index is 12.3. The lowest BCUT2D eigenvalue weighted by molar-refractivity contribution is -0.118. The Morgan fingerprint density at radius 1 is 0.939 bits per heavy atom. The van der Waals surface area contributed by atoms with Crippen LogP contribution >= 0.6 is 11.8 Å². The predicted octanol–water partition coefficient (Wildman–Crippen LogP) is 6.15. The minimum absolute atomic E-state index is 0.00977. The van der Waals surface area contributed by atoms with E-state index in [4.69, 9.17) is 4.74 Å². The summed E-state index contributed by atoms with van der Waals surface area (Å²) in [6.45, 7) is 5.16. The monoisotopic (exact) mass is 465 g/mol. The third-order valence-electron chi connectivity index (χ3n) is 5.54. The molecule has 1 atom stereocenters. The van der Waals surface area contributed by atoms with Gasteiger partial charge in [0.05, 0.1) is 18.1 Å². The molecule has 0 bridgehead atoms. The van der Waals surface area contributed by atoms with E-state index in [0.29, 0.717) is 11.6 Å². The lowest BCUT2D eigenvalue weighted by atomic mass is 10.0. The second kappa shape index (κ2) is 13.8. The lowest BCUT2D eigenvalue weighted by Crippen LogP contribution is -2.25. The van der Waals surface area contributed by atoms with E-state index in [2.05, 4.69) is 53.6 Å². The van der Waals surface area contributed by atoms with Crippen molar-refractivity contribution in [1.29, 1.82) is 0 Å². The van der Waals surface area contributed by atoms with Crippen LogP contribution in [0.5, 0.6) is 5.75 Å². The van der Waals surface area contributed by atoms with Gasteiger partial charge in [0.25, 0.3) is 0 Å². The number of aryl methyl sites for hydroxylation is 1. The molecule has 0 saturated carbocycles. The first-order chi connectivity index (χ1) is 16.2. The van der Waals surface area contributed by atoms with Gasteiger partial charge in [-0.25, -0.2) is 0 Å². The highest BCUT2D eigenvalue weighted by Gasteiger charge is 2.30. The van der Waals surface area contributed by atoms with Gasteiger partial charge in [-0.15, -0.1) is 5.10 Å². The second-order valence-electron chi connectivity index (χ2n) is 8.35. The smallest absolute Gasteiger partial charge is 0.239 e. The molecular weight excluding hydrogens is 430 g/mol. The minimum Gasteiger partial charge on any atom is -0.494 e. The van der Waals surface area contributed by atoms with Gasteiger partial charge in [-0.05, 0) is 66.6 Å². The molecule has 33 heavy (non-hydrogen) atoms. The fraction of sp³-hybridized carbons (Fsp3) is 0.444. The molecule has 1 heterocycles. The summed E-state index contributed by atoms with van der Waals surface area (Å²) < 4.78 is 5.77. The second-order valence-corrected chi connectivity index (χ2v) is 9.54. The molecule has 0 spiro atoms. The Kier molecular flexibility index (Phi) is 10.5. The molecule has 1 aliphatic heterocycles. The third kappa shape index (κ3) is 8.69. The fourth-order valence-electron chi connectivity index (χ4n) is 3.54. The quantitative estimate of drug-likeness (QED) is 0.219. The number of nitrogens with zero attached hydrogens (tertiary/aromatic N) is 2. The van der Waals surface area contributed by atoms with Gasteiger partial charge in [0.15, 0.2) is 5.17 Å². The van der Waals surface area contributed by atoms with Gasteiger partial charge in [-0.1, -0.05) is 75.6 Å². The third-order valence-corrected chi connectivity index (χ3v) is 6.61. The topological polar surface area (TPSA) is 63.1 Å². The number of ether oxygens (including phenoxy) is 1. The molecule has 6 heteroatoms. The van der Waals surface area contributed by atoms with Crippen LogP contribution in [0.2, 0.25) is 0 Å². The van der Waals surface area contributed by atoms with Crippen LogP contribution in [0.25, 0.3) is 0 Å². The average Bonchev–Trinajstić information content (AvgIpc) is 3.18. The highest BCUT2D eigenvalue weighted by molar-refractivity contribution is 8.15. The van der Waals surface area contributed by atoms with E-state index in [-0.39, 0.29) is 11.2 Å². The number of unbranched alkanes of at least 4 members (excludes halogenated alkanes) is 4. The fourth-order valence-corrected chi connectivity index (χ4v) is 4.51. The van der Waals surface area contributed by atoms with Crippen molar-refractivity contribution in [2.75, 3.05) is 6.61 Å². The summed E-state index contributed by atoms with van der Waals surface area (Å²) in [5, 5.41) is 11.6. The largest absolute Gasteiger partial charge is 0.494 e. The molecule has 0 aromatic heterocycles. The summed E-state index contributed by atoms with van der Waals surface area (Å²) >= 11 is 1.44. The van der Waals surface area contributed by atoms with Crippen molar-refractivity contribution in [1.82, 2.24) is 5.32 Å². The number of thioether (sulfide) groups is 1. The van der Waals surface area contributed by atoms with Crippen molar-refractivity contribution < 1.29 is 9.53 Å². The molecule has 0 radical (unpaired) electrons. The molecule has 1 amide bonds. The molecule has 1 fully saturated rings. The van der Waals surface area contributed by atoms with Crippen LogP contribution in [0.4, 0.5) is 0 Å². The van der Waals surface area contributed by atoms with Gasteiger partial charge in [0.1, 0.15) is 5.75 Å². The van der Waals surface area contributed by atoms with Crippen LogP contribution in [0, 0.1) is 0 Å². The van der Waals surface area contributed by atoms with Crippen LogP contribution in [0.15, 0.2) is 58.7 Å². The van der Waals surface area contributed by atoms with Gasteiger partial charge in [0, 0.05) is 0 Å². The number of rotatable bonds is 13. The summed E-state index contributed by atoms with van der Waals surface area (Å²) in [4.78, 5) is 12.3. The summed E-state index contributed by atoms with van der Waals surface area (Å²) in [6.07, 6.45) is 10.7. The van der Waals surface area contributed by atoms with Crippen LogP contribution < -0.4 is 10.1 Å². The molecule has 1 saturated heterocycles. The highest BCUT2D eigenvalue weighted by Crippen LogP contribution is 2.24. The van der Waals surface area contributed by atoms with Gasteiger partial charge >= 0.3 is 0 Å². The summed E-state index contributed by atoms with van der Waals surface area (Å²) in [6, 6.07) is 16.4. The Morgan fingerprint density at radius 2 is 1.67 bits per heavy atom. The van der Waals surface area contributed by atoms with Gasteiger partial charge < -0.3 is 10.1 Å². The normalized spacial score (nSPS) is 17.1. The molecule has 2 aromatic rings. The molecule has 176 valence electrons. The minimum atomic E-state index is -0.172.